The van der Waals surface area contributed by atoms with E-state index in [1.807, 2.05) is 30.3 Å². The summed E-state index contributed by atoms with van der Waals surface area (Å²) in [5, 5.41) is 0. The molecule has 156 valence electrons. The number of benzene rings is 2. The average Bonchev–Trinajstić information content (AvgIpc) is 2.70. The zero-order valence-electron chi connectivity index (χ0n) is 17.1. The molecule has 6 nitrogen and oxygen atoms in total. The maximum atomic E-state index is 12.8. The highest BCUT2D eigenvalue weighted by molar-refractivity contribution is 7.92. The van der Waals surface area contributed by atoms with Crippen molar-refractivity contribution >= 4 is 27.6 Å². The number of nitrogens with one attached hydrogen (secondary N) is 1. The molecule has 7 heteroatoms. The number of nitrogens with zero attached hydrogens (tertiary/aromatic N) is 1. The van der Waals surface area contributed by atoms with Gasteiger partial charge in [-0.25, -0.2) is 8.42 Å². The van der Waals surface area contributed by atoms with Crippen molar-refractivity contribution in [1.82, 2.24) is 4.90 Å². The molecule has 0 amide bonds. The maximum Gasteiger partial charge on any atom is 0.229 e. The number of anilines is 1. The standard InChI is InChI=1S/C22H28N2O4S/c1-4-24(5-2)15-16-28-22-14-12-19(23-29(3,26)27)17-20(22)21(25)13-11-18-9-7-6-8-10-18/h6-14,17,23H,4-5,15-16H2,1-3H3. The van der Waals surface area contributed by atoms with E-state index in [1.165, 1.54) is 12.1 Å². The second-order valence-electron chi connectivity index (χ2n) is 6.57. The van der Waals surface area contributed by atoms with Crippen LogP contribution in [0.15, 0.2) is 54.6 Å². The van der Waals surface area contributed by atoms with Gasteiger partial charge in [0, 0.05) is 12.2 Å². The zero-order chi connectivity index (χ0) is 21.3. The Morgan fingerprint density at radius 2 is 1.79 bits per heavy atom. The molecule has 0 atom stereocenters. The third kappa shape index (κ3) is 7.71. The van der Waals surface area contributed by atoms with E-state index in [0.29, 0.717) is 23.6 Å². The Labute approximate surface area is 173 Å². The first-order valence-corrected chi connectivity index (χ1v) is 11.5. The van der Waals surface area contributed by atoms with Gasteiger partial charge >= 0.3 is 0 Å². The third-order valence-electron chi connectivity index (χ3n) is 4.33. The van der Waals surface area contributed by atoms with Gasteiger partial charge in [0.15, 0.2) is 5.78 Å². The Morgan fingerprint density at radius 1 is 1.10 bits per heavy atom. The van der Waals surface area contributed by atoms with Crippen molar-refractivity contribution in [2.75, 3.05) is 37.2 Å². The van der Waals surface area contributed by atoms with Crippen molar-refractivity contribution in [2.24, 2.45) is 0 Å². The van der Waals surface area contributed by atoms with Crippen LogP contribution in [0.2, 0.25) is 0 Å². The number of sulfonamides is 1. The number of carbonyl (C=O) groups is 1. The Morgan fingerprint density at radius 3 is 2.41 bits per heavy atom. The minimum Gasteiger partial charge on any atom is -0.491 e. The van der Waals surface area contributed by atoms with Gasteiger partial charge in [0.05, 0.1) is 11.8 Å². The van der Waals surface area contributed by atoms with E-state index in [9.17, 15) is 13.2 Å². The normalized spacial score (nSPS) is 11.7. The number of rotatable bonds is 11. The first-order chi connectivity index (χ1) is 13.8. The van der Waals surface area contributed by atoms with Crippen LogP contribution in [0.3, 0.4) is 0 Å². The molecule has 1 N–H and O–H groups in total. The summed E-state index contributed by atoms with van der Waals surface area (Å²) in [5.41, 5.74) is 1.53. The summed E-state index contributed by atoms with van der Waals surface area (Å²) in [4.78, 5) is 15.0. The third-order valence-corrected chi connectivity index (χ3v) is 4.94. The number of ketones is 1. The molecule has 0 heterocycles. The Balaban J connectivity index is 2.24. The van der Waals surface area contributed by atoms with Crippen LogP contribution >= 0.6 is 0 Å². The smallest absolute Gasteiger partial charge is 0.229 e. The van der Waals surface area contributed by atoms with Crippen molar-refractivity contribution in [3.05, 3.63) is 65.7 Å². The van der Waals surface area contributed by atoms with Crippen molar-refractivity contribution in [3.63, 3.8) is 0 Å². The summed E-state index contributed by atoms with van der Waals surface area (Å²) < 4.78 is 31.3. The van der Waals surface area contributed by atoms with Crippen molar-refractivity contribution in [1.29, 1.82) is 0 Å². The van der Waals surface area contributed by atoms with Crippen LogP contribution in [-0.4, -0.2) is 51.6 Å². The molecule has 0 aliphatic rings. The molecule has 0 aliphatic heterocycles. The lowest BCUT2D eigenvalue weighted by Gasteiger charge is -2.19. The Bertz CT molecular complexity index is 937. The van der Waals surface area contributed by atoms with Gasteiger partial charge in [-0.05, 0) is 42.9 Å². The highest BCUT2D eigenvalue weighted by atomic mass is 32.2. The van der Waals surface area contributed by atoms with Crippen LogP contribution < -0.4 is 9.46 Å². The number of ether oxygens (including phenoxy) is 1. The Hall–Kier alpha value is -2.64. The van der Waals surface area contributed by atoms with Gasteiger partial charge in [0.1, 0.15) is 12.4 Å². The summed E-state index contributed by atoms with van der Waals surface area (Å²) in [6.45, 7) is 7.18. The minimum absolute atomic E-state index is 0.260. The van der Waals surface area contributed by atoms with E-state index in [4.69, 9.17) is 4.74 Å². The molecule has 0 aromatic heterocycles. The summed E-state index contributed by atoms with van der Waals surface area (Å²) in [6.07, 6.45) is 4.25. The van der Waals surface area contributed by atoms with Crippen LogP contribution in [0, 0.1) is 0 Å². The molecule has 2 rings (SSSR count). The molecule has 0 aliphatic carbocycles. The quantitative estimate of drug-likeness (QED) is 0.447. The summed E-state index contributed by atoms with van der Waals surface area (Å²) in [6, 6.07) is 14.2. The van der Waals surface area contributed by atoms with E-state index in [2.05, 4.69) is 23.5 Å². The summed E-state index contributed by atoms with van der Waals surface area (Å²) in [5.74, 6) is 0.169. The van der Waals surface area contributed by atoms with Crippen LogP contribution in [0.1, 0.15) is 29.8 Å². The molecule has 0 saturated carbocycles. The van der Waals surface area contributed by atoms with E-state index < -0.39 is 10.0 Å². The fourth-order valence-corrected chi connectivity index (χ4v) is 3.33. The number of carbonyl (C=O) groups excluding carboxylic acids is 1. The lowest BCUT2D eigenvalue weighted by molar-refractivity contribution is 0.104. The van der Waals surface area contributed by atoms with Gasteiger partial charge in [-0.3, -0.25) is 9.52 Å². The van der Waals surface area contributed by atoms with Crippen molar-refractivity contribution in [3.8, 4) is 5.75 Å². The SMILES string of the molecule is CCN(CC)CCOc1ccc(NS(C)(=O)=O)cc1C(=O)C=Cc1ccccc1. The molecule has 0 fully saturated rings. The fourth-order valence-electron chi connectivity index (χ4n) is 2.78. The van der Waals surface area contributed by atoms with Gasteiger partial charge in [-0.15, -0.1) is 0 Å². The van der Waals surface area contributed by atoms with E-state index in [-0.39, 0.29) is 5.78 Å². The molecular weight excluding hydrogens is 388 g/mol. The first kappa shape index (κ1) is 22.6. The van der Waals surface area contributed by atoms with E-state index in [0.717, 1.165) is 31.5 Å². The number of likely N-dealkylation sites (N-methyl/N-ethyl adjacent to an activating group) is 1. The van der Waals surface area contributed by atoms with Gasteiger partial charge in [0.2, 0.25) is 10.0 Å². The van der Waals surface area contributed by atoms with Crippen LogP contribution in [0.5, 0.6) is 5.75 Å². The minimum atomic E-state index is -3.45. The van der Waals surface area contributed by atoms with Crippen LogP contribution in [0.25, 0.3) is 6.08 Å². The second kappa shape index (κ2) is 10.8. The highest BCUT2D eigenvalue weighted by Gasteiger charge is 2.14. The fraction of sp³-hybridized carbons (Fsp3) is 0.318. The molecule has 2 aromatic carbocycles. The zero-order valence-corrected chi connectivity index (χ0v) is 17.9. The molecule has 0 saturated heterocycles. The monoisotopic (exact) mass is 416 g/mol. The van der Waals surface area contributed by atoms with Crippen LogP contribution in [-0.2, 0) is 10.0 Å². The molecule has 0 unspecified atom stereocenters. The number of hydrogen-bond acceptors (Lipinski definition) is 5. The predicted octanol–water partition coefficient (Wildman–Crippen LogP) is 3.67. The molecule has 29 heavy (non-hydrogen) atoms. The van der Waals surface area contributed by atoms with Crippen molar-refractivity contribution in [2.45, 2.75) is 13.8 Å². The van der Waals surface area contributed by atoms with Gasteiger partial charge in [-0.2, -0.15) is 0 Å². The van der Waals surface area contributed by atoms with Crippen LogP contribution in [0.4, 0.5) is 5.69 Å². The van der Waals surface area contributed by atoms with Gasteiger partial charge in [-0.1, -0.05) is 50.3 Å². The maximum absolute atomic E-state index is 12.8. The number of hydrogen-bond donors (Lipinski definition) is 1. The van der Waals surface area contributed by atoms with Gasteiger partial charge in [0.25, 0.3) is 0 Å². The molecular formula is C22H28N2O4S. The summed E-state index contributed by atoms with van der Waals surface area (Å²) >= 11 is 0. The lowest BCUT2D eigenvalue weighted by Crippen LogP contribution is -2.28. The lowest BCUT2D eigenvalue weighted by atomic mass is 10.1. The molecule has 0 bridgehead atoms. The molecule has 0 spiro atoms. The Kier molecular flexibility index (Phi) is 8.42. The van der Waals surface area contributed by atoms with Crippen molar-refractivity contribution < 1.29 is 17.9 Å². The van der Waals surface area contributed by atoms with E-state index in [1.54, 1.807) is 18.2 Å². The second-order valence-corrected chi connectivity index (χ2v) is 8.32. The summed E-state index contributed by atoms with van der Waals surface area (Å²) in [7, 11) is -3.45. The molecule has 2 aromatic rings. The topological polar surface area (TPSA) is 75.7 Å². The predicted molar refractivity (Wildman–Crippen MR) is 118 cm³/mol. The average molecular weight is 417 g/mol. The highest BCUT2D eigenvalue weighted by Crippen LogP contribution is 2.25. The number of allylic oxidation sites excluding steroid dienone is 1. The largest absolute Gasteiger partial charge is 0.491 e. The van der Waals surface area contributed by atoms with Gasteiger partial charge < -0.3 is 9.64 Å². The molecule has 0 radical (unpaired) electrons. The first-order valence-electron chi connectivity index (χ1n) is 9.56. The van der Waals surface area contributed by atoms with E-state index >= 15 is 0 Å².